The van der Waals surface area contributed by atoms with E-state index in [4.69, 9.17) is 25.8 Å². The SMILES string of the molecule is COc1cccc(C2C(C(=O)OCCc3ccccc3)=C(C)NC3=C2C(=O)CC(c2ccc(Cl)cc2)C3)c1OC. The highest BCUT2D eigenvalue weighted by Gasteiger charge is 2.42. The van der Waals surface area contributed by atoms with Crippen LogP contribution in [0, 0.1) is 0 Å². The third-order valence-electron chi connectivity index (χ3n) is 7.60. The van der Waals surface area contributed by atoms with Crippen molar-refractivity contribution in [1.29, 1.82) is 0 Å². The fourth-order valence-electron chi connectivity index (χ4n) is 5.71. The number of ketones is 1. The number of esters is 1. The second-order valence-electron chi connectivity index (χ2n) is 10.0. The third kappa shape index (κ3) is 5.50. The van der Waals surface area contributed by atoms with Gasteiger partial charge in [0, 0.05) is 40.4 Å². The number of allylic oxidation sites excluding steroid dienone is 3. The Morgan fingerprint density at radius 1 is 0.950 bits per heavy atom. The number of Topliss-reactive ketones (excluding diaryl/α,β-unsaturated/α-hetero) is 1. The Bertz CT molecular complexity index is 1480. The van der Waals surface area contributed by atoms with Crippen LogP contribution in [0.25, 0.3) is 0 Å². The summed E-state index contributed by atoms with van der Waals surface area (Å²) in [6, 6.07) is 23.0. The van der Waals surface area contributed by atoms with Crippen molar-refractivity contribution in [2.75, 3.05) is 20.8 Å². The van der Waals surface area contributed by atoms with Crippen LogP contribution in [0.5, 0.6) is 11.5 Å². The van der Waals surface area contributed by atoms with Crippen molar-refractivity contribution in [3.8, 4) is 11.5 Å². The van der Waals surface area contributed by atoms with Gasteiger partial charge in [-0.3, -0.25) is 4.79 Å². The normalized spacial score (nSPS) is 18.6. The number of nitrogens with one attached hydrogen (secondary N) is 1. The van der Waals surface area contributed by atoms with Crippen LogP contribution in [0.4, 0.5) is 0 Å². The highest BCUT2D eigenvalue weighted by atomic mass is 35.5. The number of methoxy groups -OCH3 is 2. The zero-order valence-corrected chi connectivity index (χ0v) is 23.6. The summed E-state index contributed by atoms with van der Waals surface area (Å²) in [5.74, 6) is -0.142. The molecule has 0 aromatic heterocycles. The molecule has 0 amide bonds. The van der Waals surface area contributed by atoms with Crippen LogP contribution in [-0.2, 0) is 20.7 Å². The minimum absolute atomic E-state index is 0.00366. The van der Waals surface area contributed by atoms with E-state index in [2.05, 4.69) is 5.32 Å². The van der Waals surface area contributed by atoms with Crippen LogP contribution < -0.4 is 14.8 Å². The van der Waals surface area contributed by atoms with Crippen molar-refractivity contribution >= 4 is 23.4 Å². The minimum atomic E-state index is -0.663. The molecule has 0 saturated heterocycles. The lowest BCUT2D eigenvalue weighted by Gasteiger charge is -2.37. The van der Waals surface area contributed by atoms with E-state index in [9.17, 15) is 9.59 Å². The number of hydrogen-bond acceptors (Lipinski definition) is 6. The van der Waals surface area contributed by atoms with Crippen molar-refractivity contribution in [2.24, 2.45) is 0 Å². The maximum Gasteiger partial charge on any atom is 0.336 e. The number of halogens is 1. The Kier molecular flexibility index (Phi) is 8.27. The van der Waals surface area contributed by atoms with Gasteiger partial charge < -0.3 is 19.5 Å². The molecule has 0 radical (unpaired) electrons. The summed E-state index contributed by atoms with van der Waals surface area (Å²) >= 11 is 6.11. The maximum atomic E-state index is 13.9. The summed E-state index contributed by atoms with van der Waals surface area (Å²) < 4.78 is 17.1. The number of para-hydroxylation sites is 1. The van der Waals surface area contributed by atoms with Gasteiger partial charge in [-0.2, -0.15) is 0 Å². The molecule has 0 saturated carbocycles. The fourth-order valence-corrected chi connectivity index (χ4v) is 5.84. The lowest BCUT2D eigenvalue weighted by Crippen LogP contribution is -2.36. The highest BCUT2D eigenvalue weighted by molar-refractivity contribution is 6.30. The van der Waals surface area contributed by atoms with E-state index < -0.39 is 11.9 Å². The molecule has 1 heterocycles. The van der Waals surface area contributed by atoms with E-state index >= 15 is 0 Å². The molecule has 2 unspecified atom stereocenters. The van der Waals surface area contributed by atoms with Gasteiger partial charge in [-0.15, -0.1) is 0 Å². The van der Waals surface area contributed by atoms with Gasteiger partial charge in [0.1, 0.15) is 0 Å². The zero-order valence-electron chi connectivity index (χ0n) is 22.8. The summed E-state index contributed by atoms with van der Waals surface area (Å²) in [6.45, 7) is 2.08. The van der Waals surface area contributed by atoms with Gasteiger partial charge in [-0.1, -0.05) is 66.2 Å². The molecule has 3 aromatic rings. The highest BCUT2D eigenvalue weighted by Crippen LogP contribution is 2.49. The van der Waals surface area contributed by atoms with E-state index in [1.54, 1.807) is 20.3 Å². The van der Waals surface area contributed by atoms with Crippen LogP contribution in [-0.4, -0.2) is 32.6 Å². The maximum absolute atomic E-state index is 13.9. The molecule has 0 fully saturated rings. The van der Waals surface area contributed by atoms with Gasteiger partial charge in [0.2, 0.25) is 0 Å². The smallest absolute Gasteiger partial charge is 0.336 e. The lowest BCUT2D eigenvalue weighted by atomic mass is 9.71. The van der Waals surface area contributed by atoms with Gasteiger partial charge in [0.05, 0.1) is 32.3 Å². The number of carbonyl (C=O) groups excluding carboxylic acids is 2. The second kappa shape index (κ2) is 12.0. The van der Waals surface area contributed by atoms with Crippen molar-refractivity contribution in [1.82, 2.24) is 5.32 Å². The minimum Gasteiger partial charge on any atom is -0.493 e. The Balaban J connectivity index is 1.53. The molecule has 2 atom stereocenters. The first-order valence-electron chi connectivity index (χ1n) is 13.3. The molecule has 1 N–H and O–H groups in total. The van der Waals surface area contributed by atoms with Crippen LogP contribution in [0.1, 0.15) is 48.3 Å². The van der Waals surface area contributed by atoms with E-state index in [1.165, 1.54) is 0 Å². The van der Waals surface area contributed by atoms with E-state index in [0.29, 0.717) is 58.2 Å². The molecular formula is C33H32ClNO5. The van der Waals surface area contributed by atoms with Crippen molar-refractivity contribution in [3.63, 3.8) is 0 Å². The summed E-state index contributed by atoms with van der Waals surface area (Å²) in [5, 5.41) is 4.06. The van der Waals surface area contributed by atoms with E-state index in [0.717, 1.165) is 16.8 Å². The largest absolute Gasteiger partial charge is 0.493 e. The van der Waals surface area contributed by atoms with Gasteiger partial charge in [0.15, 0.2) is 17.3 Å². The molecule has 5 rings (SSSR count). The molecule has 0 spiro atoms. The van der Waals surface area contributed by atoms with Gasteiger partial charge >= 0.3 is 5.97 Å². The van der Waals surface area contributed by atoms with Crippen molar-refractivity contribution < 1.29 is 23.8 Å². The van der Waals surface area contributed by atoms with E-state index in [1.807, 2.05) is 73.7 Å². The van der Waals surface area contributed by atoms with Gasteiger partial charge in [-0.25, -0.2) is 4.79 Å². The zero-order chi connectivity index (χ0) is 28.2. The average molecular weight is 558 g/mol. The fraction of sp³-hybridized carbons (Fsp3) is 0.273. The molecule has 1 aliphatic carbocycles. The van der Waals surface area contributed by atoms with E-state index in [-0.39, 0.29) is 18.3 Å². The molecule has 7 heteroatoms. The molecule has 206 valence electrons. The molecule has 6 nitrogen and oxygen atoms in total. The quantitative estimate of drug-likeness (QED) is 0.318. The Morgan fingerprint density at radius 2 is 1.70 bits per heavy atom. The Labute approximate surface area is 239 Å². The number of benzene rings is 3. The number of hydrogen-bond donors (Lipinski definition) is 1. The summed E-state index contributed by atoms with van der Waals surface area (Å²) in [7, 11) is 3.13. The summed E-state index contributed by atoms with van der Waals surface area (Å²) in [4.78, 5) is 27.6. The average Bonchev–Trinajstić information content (AvgIpc) is 2.96. The first kappa shape index (κ1) is 27.5. The topological polar surface area (TPSA) is 73.9 Å². The molecule has 3 aromatic carbocycles. The molecule has 0 bridgehead atoms. The Hall–Kier alpha value is -4.03. The van der Waals surface area contributed by atoms with Crippen LogP contribution in [0.15, 0.2) is 95.3 Å². The van der Waals surface area contributed by atoms with Crippen LogP contribution >= 0.6 is 11.6 Å². The van der Waals surface area contributed by atoms with Crippen molar-refractivity contribution in [3.05, 3.63) is 117 Å². The van der Waals surface area contributed by atoms with Crippen molar-refractivity contribution in [2.45, 2.75) is 38.0 Å². The number of dihydropyridines is 1. The molecule has 1 aliphatic heterocycles. The van der Waals surface area contributed by atoms with Crippen LogP contribution in [0.3, 0.4) is 0 Å². The number of ether oxygens (including phenoxy) is 3. The van der Waals surface area contributed by atoms with Gasteiger partial charge in [-0.05, 0) is 48.6 Å². The molecular weight excluding hydrogens is 526 g/mol. The first-order chi connectivity index (χ1) is 19.4. The third-order valence-corrected chi connectivity index (χ3v) is 7.85. The summed E-state index contributed by atoms with van der Waals surface area (Å²) in [5.41, 5.74) is 5.24. The number of carbonyl (C=O) groups is 2. The summed E-state index contributed by atoms with van der Waals surface area (Å²) in [6.07, 6.45) is 1.54. The van der Waals surface area contributed by atoms with Gasteiger partial charge in [0.25, 0.3) is 0 Å². The Morgan fingerprint density at radius 3 is 2.40 bits per heavy atom. The molecule has 40 heavy (non-hydrogen) atoms. The molecule has 2 aliphatic rings. The first-order valence-corrected chi connectivity index (χ1v) is 13.7. The second-order valence-corrected chi connectivity index (χ2v) is 10.5. The standard InChI is InChI=1S/C33H32ClNO5/c1-20-29(33(37)40-17-16-21-8-5-4-6-9-21)30(25-10-7-11-28(38-2)32(25)39-3)31-26(35-20)18-23(19-27(31)36)22-12-14-24(34)15-13-22/h4-15,23,30,35H,16-19H2,1-3H3. The monoisotopic (exact) mass is 557 g/mol. The lowest BCUT2D eigenvalue weighted by molar-refractivity contribution is -0.139. The number of rotatable bonds is 8. The predicted octanol–water partition coefficient (Wildman–Crippen LogP) is 6.50. The van der Waals surface area contributed by atoms with Crippen LogP contribution in [0.2, 0.25) is 5.02 Å². The predicted molar refractivity (Wildman–Crippen MR) is 155 cm³/mol.